The third kappa shape index (κ3) is 8.35. The van der Waals surface area contributed by atoms with E-state index in [0.717, 1.165) is 81.1 Å². The van der Waals surface area contributed by atoms with Crippen molar-refractivity contribution in [3.63, 3.8) is 0 Å². The van der Waals surface area contributed by atoms with Crippen molar-refractivity contribution in [1.29, 1.82) is 5.26 Å². The lowest BCUT2D eigenvalue weighted by Crippen LogP contribution is -2.26. The molecule has 7 nitrogen and oxygen atoms in total. The van der Waals surface area contributed by atoms with Gasteiger partial charge in [-0.05, 0) is 75.3 Å². The number of carbonyl (C=O) groups is 2. The van der Waals surface area contributed by atoms with Gasteiger partial charge in [0.05, 0.1) is 25.9 Å². The fourth-order valence-corrected chi connectivity index (χ4v) is 10.2. The summed E-state index contributed by atoms with van der Waals surface area (Å²) in [4.78, 5) is 27.1. The van der Waals surface area contributed by atoms with Gasteiger partial charge in [0.25, 0.3) is 0 Å². The number of carbonyl (C=O) groups excluding carboxylic acids is 2. The minimum Gasteiger partial charge on any atom is -0.425 e. The molecule has 2 aliphatic carbocycles. The number of sulfone groups is 1. The number of rotatable bonds is 11. The van der Waals surface area contributed by atoms with E-state index in [1.807, 2.05) is 6.07 Å². The van der Waals surface area contributed by atoms with E-state index >= 15 is 0 Å². The van der Waals surface area contributed by atoms with E-state index in [0.29, 0.717) is 33.1 Å². The number of allylic oxidation sites excluding steroid dienone is 1. The topological polar surface area (TPSA) is 111 Å². The molecule has 1 aromatic carbocycles. The van der Waals surface area contributed by atoms with E-state index in [1.165, 1.54) is 38.5 Å². The van der Waals surface area contributed by atoms with Crippen LogP contribution in [0, 0.1) is 35.0 Å². The second kappa shape index (κ2) is 15.2. The number of unbranched alkanes of at least 4 members (excludes halogenated alkanes) is 2. The van der Waals surface area contributed by atoms with Gasteiger partial charge in [-0.15, -0.1) is 0 Å². The van der Waals surface area contributed by atoms with Crippen molar-refractivity contribution < 1.29 is 27.5 Å². The zero-order valence-electron chi connectivity index (χ0n) is 25.0. The van der Waals surface area contributed by atoms with Crippen LogP contribution in [0.4, 0.5) is 0 Å². The lowest BCUT2D eigenvalue weighted by Gasteiger charge is -2.27. The van der Waals surface area contributed by atoms with Crippen molar-refractivity contribution in [2.24, 2.45) is 23.7 Å². The van der Waals surface area contributed by atoms with Gasteiger partial charge in [0, 0.05) is 6.26 Å². The first-order valence-electron chi connectivity index (χ1n) is 15.4. The van der Waals surface area contributed by atoms with Gasteiger partial charge >= 0.3 is 11.9 Å². The molecule has 0 amide bonds. The maximum atomic E-state index is 13.2. The largest absolute Gasteiger partial charge is 0.425 e. The summed E-state index contributed by atoms with van der Waals surface area (Å²) in [5.41, 5.74) is 0. The van der Waals surface area contributed by atoms with Crippen molar-refractivity contribution in [3.05, 3.63) is 21.3 Å². The Hall–Kier alpha value is -1.96. The smallest absolute Gasteiger partial charge is 0.314 e. The molecule has 3 aliphatic rings. The van der Waals surface area contributed by atoms with Crippen LogP contribution < -0.4 is 9.47 Å². The highest BCUT2D eigenvalue weighted by atomic mass is 32.2. The number of thioether (sulfide) groups is 2. The molecule has 0 aromatic heterocycles. The molecule has 10 heteroatoms. The molecule has 0 unspecified atom stereocenters. The molecule has 1 heterocycles. The van der Waals surface area contributed by atoms with Crippen molar-refractivity contribution >= 4 is 45.3 Å². The minimum atomic E-state index is -3.79. The normalized spacial score (nSPS) is 24.0. The highest BCUT2D eigenvalue weighted by molar-refractivity contribution is 8.25. The number of nitrogens with zero attached hydrogens (tertiary/aromatic N) is 1. The summed E-state index contributed by atoms with van der Waals surface area (Å²) in [6.07, 6.45) is 15.5. The molecule has 0 N–H and O–H groups in total. The quantitative estimate of drug-likeness (QED) is 0.135. The minimum absolute atomic E-state index is 0.178. The SMILES string of the molecule is CCCCC1CCC(C(=O)Oc2ccc(OC(=O)C3CCC(CCCC)CC3)c3c2SC(=C(C#N)S(C)(=O)=O)S3)CC1. The molecule has 2 fully saturated rings. The molecule has 0 radical (unpaired) electrons. The van der Waals surface area contributed by atoms with Crippen LogP contribution in [0.5, 0.6) is 11.5 Å². The van der Waals surface area contributed by atoms with Crippen LogP contribution in [0.15, 0.2) is 31.1 Å². The summed E-state index contributed by atoms with van der Waals surface area (Å²) in [5.74, 6) is 1.00. The highest BCUT2D eigenvalue weighted by Gasteiger charge is 2.35. The fraction of sp³-hybridized carbons (Fsp3) is 0.656. The molecule has 1 aromatic rings. The summed E-state index contributed by atoms with van der Waals surface area (Å²) in [7, 11) is -3.79. The van der Waals surface area contributed by atoms with Gasteiger partial charge in [-0.1, -0.05) is 75.9 Å². The van der Waals surface area contributed by atoms with Gasteiger partial charge in [0.1, 0.15) is 17.6 Å². The number of hydrogen-bond donors (Lipinski definition) is 0. The number of fused-ring (bicyclic) bond motifs is 1. The Bertz CT molecular complexity index is 1240. The molecule has 0 saturated heterocycles. The van der Waals surface area contributed by atoms with Crippen molar-refractivity contribution in [2.75, 3.05) is 6.26 Å². The van der Waals surface area contributed by atoms with Crippen LogP contribution in [0.3, 0.4) is 0 Å². The fourth-order valence-electron chi connectivity index (χ4n) is 6.20. The zero-order valence-corrected chi connectivity index (χ0v) is 27.4. The molecule has 1 aliphatic heterocycles. The van der Waals surface area contributed by atoms with Crippen LogP contribution in [-0.2, 0) is 19.4 Å². The second-order valence-electron chi connectivity index (χ2n) is 12.0. The van der Waals surface area contributed by atoms with E-state index < -0.39 is 9.84 Å². The molecule has 42 heavy (non-hydrogen) atoms. The molecular weight excluding hydrogens is 591 g/mol. The Balaban J connectivity index is 1.51. The molecule has 2 saturated carbocycles. The average Bonchev–Trinajstić information content (AvgIpc) is 3.41. The Kier molecular flexibility index (Phi) is 11.9. The summed E-state index contributed by atoms with van der Waals surface area (Å²) >= 11 is 2.16. The van der Waals surface area contributed by atoms with Gasteiger partial charge in [-0.25, -0.2) is 8.42 Å². The van der Waals surface area contributed by atoms with Crippen LogP contribution >= 0.6 is 23.5 Å². The first-order chi connectivity index (χ1) is 20.1. The number of hydrogen-bond acceptors (Lipinski definition) is 9. The Morgan fingerprint density at radius 3 is 1.55 bits per heavy atom. The summed E-state index contributed by atoms with van der Waals surface area (Å²) in [6, 6.07) is 5.06. The van der Waals surface area contributed by atoms with Crippen LogP contribution in [-0.4, -0.2) is 26.6 Å². The van der Waals surface area contributed by atoms with Crippen LogP contribution in [0.1, 0.15) is 104 Å². The van der Waals surface area contributed by atoms with Crippen molar-refractivity contribution in [1.82, 2.24) is 0 Å². The van der Waals surface area contributed by atoms with Gasteiger partial charge < -0.3 is 9.47 Å². The number of benzene rings is 1. The first kappa shape index (κ1) is 32.9. The highest BCUT2D eigenvalue weighted by Crippen LogP contribution is 2.59. The van der Waals surface area contributed by atoms with Gasteiger partial charge in [0.15, 0.2) is 14.7 Å². The Morgan fingerprint density at radius 2 is 1.21 bits per heavy atom. The predicted octanol–water partition coefficient (Wildman–Crippen LogP) is 8.43. The van der Waals surface area contributed by atoms with Crippen LogP contribution in [0.25, 0.3) is 0 Å². The van der Waals surface area contributed by atoms with E-state index in [2.05, 4.69) is 13.8 Å². The summed E-state index contributed by atoms with van der Waals surface area (Å²) < 4.78 is 36.8. The molecule has 0 bridgehead atoms. The molecule has 0 spiro atoms. The Morgan fingerprint density at radius 1 is 0.810 bits per heavy atom. The maximum absolute atomic E-state index is 13.2. The number of esters is 2. The molecular formula is C32H43NO6S3. The lowest BCUT2D eigenvalue weighted by molar-refractivity contribution is -0.141. The maximum Gasteiger partial charge on any atom is 0.314 e. The molecule has 230 valence electrons. The van der Waals surface area contributed by atoms with E-state index in [9.17, 15) is 23.3 Å². The second-order valence-corrected chi connectivity index (χ2v) is 16.2. The molecule has 4 rings (SSSR count). The zero-order chi connectivity index (χ0) is 30.3. The third-order valence-electron chi connectivity index (χ3n) is 8.80. The standard InChI is InChI=1S/C32H43NO6S3/c1-4-6-8-21-10-14-23(15-11-21)30(34)38-25-18-19-26(29-28(25)40-32(41-29)27(20-33)42(3,36)37)39-31(35)24-16-12-22(13-17-24)9-7-5-2/h18-19,21-24H,4-17H2,1-3H3. The van der Waals surface area contributed by atoms with E-state index in [1.54, 1.807) is 12.1 Å². The summed E-state index contributed by atoms with van der Waals surface area (Å²) in [5, 5.41) is 9.64. The predicted molar refractivity (Wildman–Crippen MR) is 167 cm³/mol. The monoisotopic (exact) mass is 633 g/mol. The third-order valence-corrected chi connectivity index (χ3v) is 12.7. The lowest BCUT2D eigenvalue weighted by atomic mass is 9.80. The van der Waals surface area contributed by atoms with Gasteiger partial charge in [-0.2, -0.15) is 5.26 Å². The molecule has 0 atom stereocenters. The average molecular weight is 634 g/mol. The van der Waals surface area contributed by atoms with Crippen LogP contribution in [0.2, 0.25) is 0 Å². The van der Waals surface area contributed by atoms with Gasteiger partial charge in [-0.3, -0.25) is 9.59 Å². The van der Waals surface area contributed by atoms with Gasteiger partial charge in [0.2, 0.25) is 0 Å². The van der Waals surface area contributed by atoms with E-state index in [4.69, 9.17) is 9.47 Å². The van der Waals surface area contributed by atoms with Crippen molar-refractivity contribution in [3.8, 4) is 17.6 Å². The number of nitriles is 1. The number of ether oxygens (including phenoxy) is 2. The first-order valence-corrected chi connectivity index (χ1v) is 19.0. The summed E-state index contributed by atoms with van der Waals surface area (Å²) in [6.45, 7) is 4.39. The Labute approximate surface area is 259 Å². The van der Waals surface area contributed by atoms with Crippen molar-refractivity contribution in [2.45, 2.75) is 114 Å². The van der Waals surface area contributed by atoms with E-state index in [-0.39, 0.29) is 32.9 Å².